The van der Waals surface area contributed by atoms with E-state index in [9.17, 15) is 19.6 Å². The zero-order valence-electron chi connectivity index (χ0n) is 26.1. The van der Waals surface area contributed by atoms with E-state index in [4.69, 9.17) is 9.84 Å². The van der Waals surface area contributed by atoms with Crippen molar-refractivity contribution in [2.75, 3.05) is 30.1 Å². The van der Waals surface area contributed by atoms with Crippen LogP contribution in [0.3, 0.4) is 0 Å². The third kappa shape index (κ3) is 5.62. The molecule has 0 radical (unpaired) electrons. The molecule has 1 aromatic heterocycles. The number of anilines is 2. The highest BCUT2D eigenvalue weighted by Crippen LogP contribution is 2.38. The van der Waals surface area contributed by atoms with Gasteiger partial charge in [-0.1, -0.05) is 42.5 Å². The van der Waals surface area contributed by atoms with Crippen molar-refractivity contribution in [2.45, 2.75) is 51.4 Å². The molecule has 2 N–H and O–H groups in total. The molecule has 0 aliphatic carbocycles. The highest BCUT2D eigenvalue weighted by atomic mass is 16.5. The topological polar surface area (TPSA) is 133 Å². The maximum Gasteiger partial charge on any atom is 0.252 e. The van der Waals surface area contributed by atoms with Crippen LogP contribution in [-0.2, 0) is 25.7 Å². The predicted octanol–water partition coefficient (Wildman–Crippen LogP) is 3.68. The average molecular weight is 620 g/mol. The molecule has 3 atom stereocenters. The van der Waals surface area contributed by atoms with Gasteiger partial charge in [-0.05, 0) is 64.1 Å². The predicted molar refractivity (Wildman–Crippen MR) is 174 cm³/mol. The first-order valence-electron chi connectivity index (χ1n) is 15.6. The number of fused-ring (bicyclic) bond motifs is 2. The molecule has 11 heteroatoms. The van der Waals surface area contributed by atoms with Crippen molar-refractivity contribution in [1.29, 1.82) is 5.26 Å². The van der Waals surface area contributed by atoms with Crippen LogP contribution in [0, 0.1) is 17.2 Å². The maximum atomic E-state index is 14.7. The molecule has 3 aromatic carbocycles. The summed E-state index contributed by atoms with van der Waals surface area (Å²) in [5, 5.41) is 21.5. The van der Waals surface area contributed by atoms with Gasteiger partial charge in [0, 0.05) is 24.5 Å². The number of hydrogen-bond acceptors (Lipinski definition) is 7. The summed E-state index contributed by atoms with van der Waals surface area (Å²) in [4.78, 5) is 45.5. The molecule has 0 bridgehead atoms. The van der Waals surface area contributed by atoms with E-state index in [1.807, 2.05) is 67.6 Å². The maximum absolute atomic E-state index is 14.7. The van der Waals surface area contributed by atoms with Gasteiger partial charge in [0.15, 0.2) is 0 Å². The Morgan fingerprint density at radius 3 is 2.37 bits per heavy atom. The van der Waals surface area contributed by atoms with Crippen molar-refractivity contribution in [3.05, 3.63) is 84.1 Å². The molecule has 2 aliphatic heterocycles. The highest BCUT2D eigenvalue weighted by molar-refractivity contribution is 6.09. The summed E-state index contributed by atoms with van der Waals surface area (Å²) >= 11 is 0. The second kappa shape index (κ2) is 13.1. The lowest BCUT2D eigenvalue weighted by atomic mass is 9.96. The molecule has 0 saturated carbocycles. The number of nitriles is 1. The second-order valence-corrected chi connectivity index (χ2v) is 11.7. The molecule has 1 saturated heterocycles. The third-order valence-corrected chi connectivity index (χ3v) is 9.01. The smallest absolute Gasteiger partial charge is 0.252 e. The van der Waals surface area contributed by atoms with Crippen LogP contribution < -0.4 is 20.4 Å². The minimum absolute atomic E-state index is 0.0675. The van der Waals surface area contributed by atoms with Crippen molar-refractivity contribution in [2.24, 2.45) is 5.92 Å². The molecule has 3 amide bonds. The number of carbonyl (C=O) groups is 3. The number of carbonyl (C=O) groups excluding carboxylic acids is 3. The van der Waals surface area contributed by atoms with Crippen LogP contribution in [0.15, 0.2) is 72.8 Å². The van der Waals surface area contributed by atoms with Gasteiger partial charge in [0.05, 0.1) is 52.5 Å². The molecule has 46 heavy (non-hydrogen) atoms. The number of hydrogen-bond donors (Lipinski definition) is 2. The summed E-state index contributed by atoms with van der Waals surface area (Å²) in [6.45, 7) is 4.59. The fourth-order valence-electron chi connectivity index (χ4n) is 6.31. The largest absolute Gasteiger partial charge is 0.381 e. The third-order valence-electron chi connectivity index (χ3n) is 9.01. The number of nitrogens with one attached hydrogen (secondary N) is 2. The summed E-state index contributed by atoms with van der Waals surface area (Å²) in [6.07, 6.45) is 1.17. The zero-order valence-corrected chi connectivity index (χ0v) is 26.1. The normalized spacial score (nSPS) is 19.3. The van der Waals surface area contributed by atoms with E-state index in [0.717, 1.165) is 10.9 Å². The van der Waals surface area contributed by atoms with Gasteiger partial charge in [-0.15, -0.1) is 0 Å². The van der Waals surface area contributed by atoms with Crippen molar-refractivity contribution < 1.29 is 19.1 Å². The first-order chi connectivity index (χ1) is 22.3. The molecular weight excluding hydrogens is 582 g/mol. The highest BCUT2D eigenvalue weighted by Gasteiger charge is 2.44. The number of para-hydroxylation sites is 4. The van der Waals surface area contributed by atoms with Gasteiger partial charge < -0.3 is 25.2 Å². The first-order valence-corrected chi connectivity index (χ1v) is 15.6. The lowest BCUT2D eigenvalue weighted by Crippen LogP contribution is -2.60. The molecule has 0 unspecified atom stereocenters. The molecule has 236 valence electrons. The first kappa shape index (κ1) is 31.0. The summed E-state index contributed by atoms with van der Waals surface area (Å²) in [5.41, 5.74) is 3.63. The molecule has 2 aliphatic rings. The summed E-state index contributed by atoms with van der Waals surface area (Å²) < 4.78 is 7.26. The van der Waals surface area contributed by atoms with E-state index in [1.54, 1.807) is 40.6 Å². The molecular formula is C35H37N7O4. The van der Waals surface area contributed by atoms with Crippen LogP contribution in [0.5, 0.6) is 0 Å². The van der Waals surface area contributed by atoms with E-state index in [1.165, 1.54) is 0 Å². The van der Waals surface area contributed by atoms with Gasteiger partial charge in [0.25, 0.3) is 5.91 Å². The quantitative estimate of drug-likeness (QED) is 0.323. The Morgan fingerprint density at radius 1 is 1.00 bits per heavy atom. The van der Waals surface area contributed by atoms with E-state index < -0.39 is 18.1 Å². The molecule has 4 aromatic rings. The lowest BCUT2D eigenvalue weighted by molar-refractivity contribution is -0.130. The Bertz CT molecular complexity index is 1820. The average Bonchev–Trinajstić information content (AvgIpc) is 3.43. The van der Waals surface area contributed by atoms with E-state index in [0.29, 0.717) is 54.4 Å². The Labute approximate surface area is 267 Å². The Hall–Kier alpha value is -5.05. The fourth-order valence-corrected chi connectivity index (χ4v) is 6.31. The zero-order chi connectivity index (χ0) is 32.4. The number of amides is 3. The number of likely N-dealkylation sites (N-methyl/N-ethyl adjacent to an activating group) is 1. The van der Waals surface area contributed by atoms with Crippen LogP contribution in [0.2, 0.25) is 0 Å². The number of rotatable bonds is 7. The van der Waals surface area contributed by atoms with Crippen LogP contribution in [0.25, 0.3) is 16.6 Å². The Kier molecular flexibility index (Phi) is 8.83. The Morgan fingerprint density at radius 2 is 1.65 bits per heavy atom. The number of aromatic nitrogens is 2. The second-order valence-electron chi connectivity index (χ2n) is 11.7. The van der Waals surface area contributed by atoms with Crippen molar-refractivity contribution in [1.82, 2.24) is 20.4 Å². The van der Waals surface area contributed by atoms with Crippen molar-refractivity contribution in [3.8, 4) is 11.8 Å². The molecule has 0 spiro atoms. The van der Waals surface area contributed by atoms with Crippen LogP contribution >= 0.6 is 0 Å². The molecule has 3 heterocycles. The molecule has 1 fully saturated rings. The van der Waals surface area contributed by atoms with E-state index in [-0.39, 0.29) is 30.2 Å². The molecule has 6 rings (SSSR count). The van der Waals surface area contributed by atoms with Crippen LogP contribution in [0.4, 0.5) is 11.4 Å². The van der Waals surface area contributed by atoms with Crippen molar-refractivity contribution in [3.63, 3.8) is 0 Å². The number of benzene rings is 3. The minimum atomic E-state index is -1.04. The summed E-state index contributed by atoms with van der Waals surface area (Å²) in [7, 11) is 1.68. The van der Waals surface area contributed by atoms with E-state index in [2.05, 4.69) is 16.7 Å². The van der Waals surface area contributed by atoms with Gasteiger partial charge in [0.2, 0.25) is 11.8 Å². The summed E-state index contributed by atoms with van der Waals surface area (Å²) in [6, 6.07) is 22.3. The van der Waals surface area contributed by atoms with Crippen LogP contribution in [0.1, 0.15) is 37.9 Å². The Balaban J connectivity index is 1.48. The van der Waals surface area contributed by atoms with Gasteiger partial charge in [-0.3, -0.25) is 14.4 Å². The number of ether oxygens (including phenoxy) is 1. The SMILES string of the molecule is CN[C@@H](C)C(=O)N[C@@H]1C(=O)N(Cc2nn(-c3ccccc3C#N)c3ccccc23)c2ccccc2N(C(=O)C2CCOCC2)[C@H]1C. The molecule has 11 nitrogen and oxygen atoms in total. The van der Waals surface area contributed by atoms with Crippen LogP contribution in [-0.4, -0.2) is 65.9 Å². The minimum Gasteiger partial charge on any atom is -0.381 e. The standard InChI is InChI=1S/C35H37N7O4/c1-22(37-3)33(43)38-32-23(2)41(34(44)24-16-18-46-19-17-24)31-15-9-8-14-30(31)40(35(32)45)21-27-26-11-5-7-13-29(26)42(39-27)28-12-6-4-10-25(28)20-36/h4-15,22-24,32,37H,16-19,21H2,1-3H3,(H,38,43)/t22-,23-,32-/m0/s1. The monoisotopic (exact) mass is 619 g/mol. The van der Waals surface area contributed by atoms with Gasteiger partial charge >= 0.3 is 0 Å². The number of nitrogens with zero attached hydrogens (tertiary/aromatic N) is 5. The fraction of sp³-hybridized carbons (Fsp3) is 0.343. The lowest BCUT2D eigenvalue weighted by Gasteiger charge is -2.35. The summed E-state index contributed by atoms with van der Waals surface area (Å²) in [5.74, 6) is -1.06. The van der Waals surface area contributed by atoms with Gasteiger partial charge in [-0.2, -0.15) is 10.4 Å². The van der Waals surface area contributed by atoms with Gasteiger partial charge in [0.1, 0.15) is 12.1 Å². The van der Waals surface area contributed by atoms with Crippen molar-refractivity contribution >= 4 is 40.0 Å². The van der Waals surface area contributed by atoms with Gasteiger partial charge in [-0.25, -0.2) is 4.68 Å². The van der Waals surface area contributed by atoms with E-state index >= 15 is 0 Å².